The van der Waals surface area contributed by atoms with E-state index in [1.165, 1.54) is 11.8 Å². The number of hydrogen-bond donors (Lipinski definition) is 3. The Bertz CT molecular complexity index is 1130. The summed E-state index contributed by atoms with van der Waals surface area (Å²) in [6, 6.07) is 3.32. The predicted molar refractivity (Wildman–Crippen MR) is 150 cm³/mol. The maximum absolute atomic E-state index is 13.2. The number of carboxylic acids is 1. The number of carbonyl (C=O) groups is 2. The minimum Gasteiger partial charge on any atom is -0.480 e. The maximum Gasteiger partial charge on any atom is 0.326 e. The van der Waals surface area contributed by atoms with Crippen molar-refractivity contribution in [3.8, 4) is 0 Å². The third kappa shape index (κ3) is 7.29. The minimum atomic E-state index is -1.04. The molecule has 214 valence electrons. The first kappa shape index (κ1) is 29.3. The highest BCUT2D eigenvalue weighted by Crippen LogP contribution is 2.50. The number of amides is 1. The van der Waals surface area contributed by atoms with Gasteiger partial charge in [0, 0.05) is 39.5 Å². The average Bonchev–Trinajstić information content (AvgIpc) is 3.65. The molecule has 0 spiro atoms. The number of nitrogens with one attached hydrogen (secondary N) is 2. The Morgan fingerprint density at radius 1 is 1.31 bits per heavy atom. The second-order valence-corrected chi connectivity index (χ2v) is 11.3. The predicted octanol–water partition coefficient (Wildman–Crippen LogP) is 3.18. The SMILES string of the molecule is CO[C@H](C)CN(CCCCc1ccc2c(n1)NCCC2)CC[C@H](NC(=O)C1(c2c(Cl)cnn2C)CC1)C(=O)O. The molecular formula is C28H41ClN6O4. The number of hydrogen-bond acceptors (Lipinski definition) is 7. The van der Waals surface area contributed by atoms with Gasteiger partial charge in [-0.1, -0.05) is 17.7 Å². The Morgan fingerprint density at radius 3 is 2.77 bits per heavy atom. The van der Waals surface area contributed by atoms with E-state index in [1.807, 2.05) is 6.92 Å². The number of carbonyl (C=O) groups excluding carboxylic acids is 1. The highest BCUT2D eigenvalue weighted by atomic mass is 35.5. The topological polar surface area (TPSA) is 122 Å². The molecule has 0 aromatic carbocycles. The lowest BCUT2D eigenvalue weighted by atomic mass is 10.00. The Kier molecular flexibility index (Phi) is 9.85. The van der Waals surface area contributed by atoms with Crippen molar-refractivity contribution < 1.29 is 19.4 Å². The molecule has 3 heterocycles. The van der Waals surface area contributed by atoms with Gasteiger partial charge in [0.25, 0.3) is 0 Å². The van der Waals surface area contributed by atoms with Gasteiger partial charge in [0.2, 0.25) is 5.91 Å². The van der Waals surface area contributed by atoms with Crippen LogP contribution in [0.5, 0.6) is 0 Å². The molecule has 1 fully saturated rings. The number of aromatic nitrogens is 3. The fourth-order valence-electron chi connectivity index (χ4n) is 5.39. The van der Waals surface area contributed by atoms with Crippen LogP contribution in [0.15, 0.2) is 18.3 Å². The lowest BCUT2D eigenvalue weighted by molar-refractivity contribution is -0.142. The van der Waals surface area contributed by atoms with E-state index < -0.39 is 17.4 Å². The number of nitrogens with zero attached hydrogens (tertiary/aromatic N) is 4. The molecule has 1 aliphatic carbocycles. The first-order valence-corrected chi connectivity index (χ1v) is 14.3. The molecule has 0 unspecified atom stereocenters. The number of fused-ring (bicyclic) bond motifs is 1. The van der Waals surface area contributed by atoms with Crippen molar-refractivity contribution in [2.45, 2.75) is 75.9 Å². The smallest absolute Gasteiger partial charge is 0.326 e. The zero-order chi connectivity index (χ0) is 28.0. The van der Waals surface area contributed by atoms with Gasteiger partial charge < -0.3 is 25.4 Å². The number of methoxy groups -OCH3 is 1. The molecule has 1 amide bonds. The highest BCUT2D eigenvalue weighted by Gasteiger charge is 2.55. The number of aryl methyl sites for hydroxylation is 3. The molecule has 4 rings (SSSR count). The van der Waals surface area contributed by atoms with Crippen LogP contribution in [0.25, 0.3) is 0 Å². The van der Waals surface area contributed by atoms with Gasteiger partial charge in [-0.2, -0.15) is 5.10 Å². The van der Waals surface area contributed by atoms with Crippen LogP contribution in [0.2, 0.25) is 5.02 Å². The molecule has 39 heavy (non-hydrogen) atoms. The summed E-state index contributed by atoms with van der Waals surface area (Å²) in [7, 11) is 3.42. The first-order valence-electron chi connectivity index (χ1n) is 13.9. The highest BCUT2D eigenvalue weighted by molar-refractivity contribution is 6.31. The molecular weight excluding hydrogens is 520 g/mol. The van der Waals surface area contributed by atoms with Crippen LogP contribution in [0.3, 0.4) is 0 Å². The van der Waals surface area contributed by atoms with Crippen molar-refractivity contribution in [2.24, 2.45) is 7.05 Å². The number of unbranched alkanes of at least 4 members (excludes halogenated alkanes) is 1. The van der Waals surface area contributed by atoms with Crippen LogP contribution >= 0.6 is 11.6 Å². The summed E-state index contributed by atoms with van der Waals surface area (Å²) in [5, 5.41) is 20.7. The van der Waals surface area contributed by atoms with Gasteiger partial charge >= 0.3 is 5.97 Å². The van der Waals surface area contributed by atoms with E-state index in [-0.39, 0.29) is 12.0 Å². The second-order valence-electron chi connectivity index (χ2n) is 10.8. The van der Waals surface area contributed by atoms with Gasteiger partial charge in [0.1, 0.15) is 11.9 Å². The molecule has 0 bridgehead atoms. The average molecular weight is 561 g/mol. The third-order valence-electron chi connectivity index (χ3n) is 7.90. The second kappa shape index (κ2) is 13.1. The largest absolute Gasteiger partial charge is 0.480 e. The van der Waals surface area contributed by atoms with Gasteiger partial charge in [-0.25, -0.2) is 9.78 Å². The van der Waals surface area contributed by atoms with Crippen molar-refractivity contribution in [3.05, 3.63) is 40.3 Å². The van der Waals surface area contributed by atoms with E-state index in [1.54, 1.807) is 18.8 Å². The number of anilines is 1. The van der Waals surface area contributed by atoms with Crippen molar-refractivity contribution >= 4 is 29.3 Å². The van der Waals surface area contributed by atoms with E-state index in [9.17, 15) is 14.7 Å². The molecule has 3 N–H and O–H groups in total. The number of carboxylic acid groups (broad SMARTS) is 1. The number of pyridine rings is 1. The summed E-state index contributed by atoms with van der Waals surface area (Å²) in [6.45, 7) is 5.01. The van der Waals surface area contributed by atoms with E-state index in [0.717, 1.165) is 56.7 Å². The van der Waals surface area contributed by atoms with Gasteiger partial charge in [-0.05, 0) is 76.5 Å². The van der Waals surface area contributed by atoms with E-state index in [2.05, 4.69) is 32.8 Å². The molecule has 2 aromatic heterocycles. The summed E-state index contributed by atoms with van der Waals surface area (Å²) in [5.41, 5.74) is 2.23. The quantitative estimate of drug-likeness (QED) is 0.284. The summed E-state index contributed by atoms with van der Waals surface area (Å²) in [5.74, 6) is -0.318. The first-order chi connectivity index (χ1) is 18.7. The molecule has 1 aliphatic heterocycles. The van der Waals surface area contributed by atoms with Crippen LogP contribution in [0.1, 0.15) is 62.4 Å². The van der Waals surface area contributed by atoms with Crippen molar-refractivity contribution in [1.29, 1.82) is 0 Å². The molecule has 0 saturated heterocycles. The third-order valence-corrected chi connectivity index (χ3v) is 8.17. The van der Waals surface area contributed by atoms with Gasteiger partial charge in [0.15, 0.2) is 0 Å². The number of rotatable bonds is 15. The zero-order valence-corrected chi connectivity index (χ0v) is 24.0. The Labute approximate surface area is 235 Å². The van der Waals surface area contributed by atoms with Crippen LogP contribution < -0.4 is 10.6 Å². The molecule has 2 aliphatic rings. The molecule has 11 heteroatoms. The molecule has 0 radical (unpaired) electrons. The number of ether oxygens (including phenoxy) is 1. The number of aliphatic carboxylic acids is 1. The normalized spacial score (nSPS) is 17.3. The summed E-state index contributed by atoms with van der Waals surface area (Å²) in [6.07, 6.45) is 8.14. The van der Waals surface area contributed by atoms with E-state index in [4.69, 9.17) is 21.3 Å². The van der Waals surface area contributed by atoms with Crippen LogP contribution in [-0.4, -0.2) is 82.1 Å². The van der Waals surface area contributed by atoms with Crippen molar-refractivity contribution in [1.82, 2.24) is 25.0 Å². The molecule has 2 aromatic rings. The lowest BCUT2D eigenvalue weighted by Crippen LogP contribution is -2.48. The fraction of sp³-hybridized carbons (Fsp3) is 0.643. The maximum atomic E-state index is 13.2. The van der Waals surface area contributed by atoms with Crippen molar-refractivity contribution in [3.63, 3.8) is 0 Å². The van der Waals surface area contributed by atoms with E-state index >= 15 is 0 Å². The lowest BCUT2D eigenvalue weighted by Gasteiger charge is -2.27. The Morgan fingerprint density at radius 2 is 2.10 bits per heavy atom. The van der Waals surface area contributed by atoms with Crippen molar-refractivity contribution in [2.75, 3.05) is 38.6 Å². The summed E-state index contributed by atoms with van der Waals surface area (Å²) < 4.78 is 7.09. The summed E-state index contributed by atoms with van der Waals surface area (Å²) >= 11 is 6.30. The van der Waals surface area contributed by atoms with Gasteiger partial charge in [0.05, 0.1) is 28.4 Å². The van der Waals surface area contributed by atoms with Gasteiger partial charge in [-0.15, -0.1) is 0 Å². The Hall–Kier alpha value is -2.69. The monoisotopic (exact) mass is 560 g/mol. The minimum absolute atomic E-state index is 0.0120. The van der Waals surface area contributed by atoms with Crippen LogP contribution in [-0.2, 0) is 39.6 Å². The standard InChI is InChI=1S/C28H41ClN6O4/c1-19(39-3)18-35(15-5-4-8-21-10-9-20-7-6-14-30-25(20)32-21)16-11-23(26(36)37)33-27(38)28(12-13-28)24-22(29)17-31-34(24)2/h9-10,17,19,23H,4-8,11-16,18H2,1-3H3,(H,30,32)(H,33,38)(H,36,37)/t19-,23+/m1/s1. The van der Waals surface area contributed by atoms with E-state index in [0.29, 0.717) is 43.1 Å². The van der Waals surface area contributed by atoms with Crippen LogP contribution in [0.4, 0.5) is 5.82 Å². The summed E-state index contributed by atoms with van der Waals surface area (Å²) in [4.78, 5) is 32.3. The zero-order valence-electron chi connectivity index (χ0n) is 23.2. The fourth-order valence-corrected chi connectivity index (χ4v) is 5.74. The molecule has 2 atom stereocenters. The number of halogens is 1. The molecule has 10 nitrogen and oxygen atoms in total. The van der Waals surface area contributed by atoms with Crippen LogP contribution in [0, 0.1) is 0 Å². The molecule has 1 saturated carbocycles. The van der Waals surface area contributed by atoms with Gasteiger partial charge in [-0.3, -0.25) is 9.48 Å². The Balaban J connectivity index is 1.30.